The minimum atomic E-state index is -3.78. The van der Waals surface area contributed by atoms with Crippen LogP contribution in [-0.2, 0) is 21.2 Å². The van der Waals surface area contributed by atoms with Crippen molar-refractivity contribution >= 4 is 21.7 Å². The number of benzene rings is 2. The fraction of sp³-hybridized carbons (Fsp3) is 0.333. The van der Waals surface area contributed by atoms with Gasteiger partial charge in [-0.3, -0.25) is 9.59 Å². The molecule has 0 radical (unpaired) electrons. The Morgan fingerprint density at radius 1 is 1.14 bits per heavy atom. The van der Waals surface area contributed by atoms with Crippen molar-refractivity contribution in [1.29, 1.82) is 0 Å². The molecule has 1 atom stereocenters. The standard InChI is InChI=1S/C21H24N2O4S/c1-15(24)17-7-5-8-18(14-17)28(26,27)22-13-12-21(25)23(2)20-11-10-16-6-3-4-9-19(16)20/h3-9,14,20,22H,10-13H2,1-2H3. The number of carbonyl (C=O) groups is 2. The van der Waals surface area contributed by atoms with Gasteiger partial charge in [-0.1, -0.05) is 36.4 Å². The van der Waals surface area contributed by atoms with E-state index >= 15 is 0 Å². The van der Waals surface area contributed by atoms with Crippen molar-refractivity contribution in [2.24, 2.45) is 0 Å². The van der Waals surface area contributed by atoms with Gasteiger partial charge in [-0.25, -0.2) is 13.1 Å². The number of ketones is 1. The van der Waals surface area contributed by atoms with Crippen LogP contribution in [0.3, 0.4) is 0 Å². The number of fused-ring (bicyclic) bond motifs is 1. The van der Waals surface area contributed by atoms with Gasteiger partial charge in [-0.05, 0) is 43.0 Å². The number of hydrogen-bond acceptors (Lipinski definition) is 4. The Bertz CT molecular complexity index is 1000. The van der Waals surface area contributed by atoms with E-state index in [-0.39, 0.29) is 35.6 Å². The monoisotopic (exact) mass is 400 g/mol. The summed E-state index contributed by atoms with van der Waals surface area (Å²) in [4.78, 5) is 25.7. The molecule has 1 aliphatic rings. The van der Waals surface area contributed by atoms with Gasteiger partial charge in [0.05, 0.1) is 10.9 Å². The van der Waals surface area contributed by atoms with Crippen LogP contribution >= 0.6 is 0 Å². The summed E-state index contributed by atoms with van der Waals surface area (Å²) in [5, 5.41) is 0. The normalized spacial score (nSPS) is 15.9. The zero-order valence-electron chi connectivity index (χ0n) is 16.0. The van der Waals surface area contributed by atoms with E-state index in [2.05, 4.69) is 10.8 Å². The second kappa shape index (κ2) is 8.24. The summed E-state index contributed by atoms with van der Waals surface area (Å²) in [7, 11) is -2.01. The first kappa shape index (κ1) is 20.2. The summed E-state index contributed by atoms with van der Waals surface area (Å²) in [5.41, 5.74) is 2.76. The Labute approximate surface area is 165 Å². The van der Waals surface area contributed by atoms with Gasteiger partial charge in [0, 0.05) is 25.6 Å². The highest BCUT2D eigenvalue weighted by molar-refractivity contribution is 7.89. The Kier molecular flexibility index (Phi) is 5.96. The smallest absolute Gasteiger partial charge is 0.240 e. The molecule has 1 N–H and O–H groups in total. The molecule has 2 aromatic carbocycles. The van der Waals surface area contributed by atoms with Crippen molar-refractivity contribution in [3.63, 3.8) is 0 Å². The lowest BCUT2D eigenvalue weighted by atomic mass is 10.1. The molecule has 3 rings (SSSR count). The van der Waals surface area contributed by atoms with Crippen LogP contribution in [0.1, 0.15) is 47.3 Å². The summed E-state index contributed by atoms with van der Waals surface area (Å²) in [5.74, 6) is -0.312. The lowest BCUT2D eigenvalue weighted by molar-refractivity contribution is -0.131. The topological polar surface area (TPSA) is 83.5 Å². The van der Waals surface area contributed by atoms with Crippen LogP contribution in [0.4, 0.5) is 0 Å². The number of hydrogen-bond donors (Lipinski definition) is 1. The number of amides is 1. The number of rotatable bonds is 7. The number of nitrogens with one attached hydrogen (secondary N) is 1. The average Bonchev–Trinajstić information content (AvgIpc) is 3.11. The largest absolute Gasteiger partial charge is 0.339 e. The van der Waals surface area contributed by atoms with Gasteiger partial charge in [0.15, 0.2) is 5.78 Å². The molecular formula is C21H24N2O4S. The third-order valence-electron chi connectivity index (χ3n) is 5.14. The molecule has 0 saturated carbocycles. The van der Waals surface area contributed by atoms with Crippen molar-refractivity contribution in [2.75, 3.05) is 13.6 Å². The van der Waals surface area contributed by atoms with Crippen LogP contribution in [-0.4, -0.2) is 38.6 Å². The van der Waals surface area contributed by atoms with E-state index in [9.17, 15) is 18.0 Å². The van der Waals surface area contributed by atoms with Crippen LogP contribution < -0.4 is 4.72 Å². The van der Waals surface area contributed by atoms with E-state index in [1.165, 1.54) is 36.2 Å². The maximum atomic E-state index is 12.6. The molecular weight excluding hydrogens is 376 g/mol. The molecule has 1 unspecified atom stereocenters. The highest BCUT2D eigenvalue weighted by atomic mass is 32.2. The maximum absolute atomic E-state index is 12.6. The van der Waals surface area contributed by atoms with E-state index in [0.717, 1.165) is 12.8 Å². The predicted octanol–water partition coefficient (Wildman–Crippen LogP) is 2.70. The third-order valence-corrected chi connectivity index (χ3v) is 6.60. The Balaban J connectivity index is 1.59. The second-order valence-corrected chi connectivity index (χ2v) is 8.76. The molecule has 0 aromatic heterocycles. The van der Waals surface area contributed by atoms with Crippen molar-refractivity contribution < 1.29 is 18.0 Å². The van der Waals surface area contributed by atoms with Crippen molar-refractivity contribution in [1.82, 2.24) is 9.62 Å². The van der Waals surface area contributed by atoms with Crippen molar-refractivity contribution in [2.45, 2.75) is 37.1 Å². The Hall–Kier alpha value is -2.51. The highest BCUT2D eigenvalue weighted by Crippen LogP contribution is 2.34. The lowest BCUT2D eigenvalue weighted by Crippen LogP contribution is -2.34. The van der Waals surface area contributed by atoms with Crippen LogP contribution in [0.25, 0.3) is 0 Å². The van der Waals surface area contributed by atoms with Crippen LogP contribution in [0, 0.1) is 0 Å². The molecule has 6 nitrogen and oxygen atoms in total. The first-order chi connectivity index (χ1) is 13.3. The zero-order chi connectivity index (χ0) is 20.3. The van der Waals surface area contributed by atoms with E-state index in [1.807, 2.05) is 18.2 Å². The third kappa shape index (κ3) is 4.31. The molecule has 0 fully saturated rings. The molecule has 7 heteroatoms. The number of Topliss-reactive ketones (excluding diaryl/α,β-unsaturated/α-hetero) is 1. The van der Waals surface area contributed by atoms with Crippen LogP contribution in [0.5, 0.6) is 0 Å². The summed E-state index contributed by atoms with van der Waals surface area (Å²) in [6.45, 7) is 1.39. The fourth-order valence-electron chi connectivity index (χ4n) is 3.55. The van der Waals surface area contributed by atoms with E-state index in [1.54, 1.807) is 18.0 Å². The van der Waals surface area contributed by atoms with Gasteiger partial charge in [0.1, 0.15) is 0 Å². The molecule has 2 aromatic rings. The molecule has 0 aliphatic heterocycles. The molecule has 0 heterocycles. The van der Waals surface area contributed by atoms with Crippen molar-refractivity contribution in [3.8, 4) is 0 Å². The van der Waals surface area contributed by atoms with Gasteiger partial charge in [0.25, 0.3) is 0 Å². The average molecular weight is 401 g/mol. The molecule has 0 saturated heterocycles. The minimum absolute atomic E-state index is 0.00414. The highest BCUT2D eigenvalue weighted by Gasteiger charge is 2.28. The van der Waals surface area contributed by atoms with Gasteiger partial charge < -0.3 is 4.90 Å². The summed E-state index contributed by atoms with van der Waals surface area (Å²) in [6, 6.07) is 14.0. The second-order valence-electron chi connectivity index (χ2n) is 6.99. The predicted molar refractivity (Wildman–Crippen MR) is 107 cm³/mol. The minimum Gasteiger partial charge on any atom is -0.339 e. The van der Waals surface area contributed by atoms with E-state index in [0.29, 0.717) is 5.56 Å². The quantitative estimate of drug-likeness (QED) is 0.725. The van der Waals surface area contributed by atoms with Gasteiger partial charge in [-0.2, -0.15) is 0 Å². The van der Waals surface area contributed by atoms with E-state index < -0.39 is 10.0 Å². The van der Waals surface area contributed by atoms with Crippen molar-refractivity contribution in [3.05, 3.63) is 65.2 Å². The first-order valence-electron chi connectivity index (χ1n) is 9.24. The van der Waals surface area contributed by atoms with Gasteiger partial charge in [-0.15, -0.1) is 0 Å². The number of carbonyl (C=O) groups excluding carboxylic acids is 2. The van der Waals surface area contributed by atoms with E-state index in [4.69, 9.17) is 0 Å². The molecule has 148 valence electrons. The SMILES string of the molecule is CC(=O)c1cccc(S(=O)(=O)NCCC(=O)N(C)C2CCc3ccccc32)c1. The fourth-order valence-corrected chi connectivity index (χ4v) is 4.62. The van der Waals surface area contributed by atoms with Crippen LogP contribution in [0.15, 0.2) is 53.4 Å². The Morgan fingerprint density at radius 2 is 1.89 bits per heavy atom. The van der Waals surface area contributed by atoms with Gasteiger partial charge in [0.2, 0.25) is 15.9 Å². The lowest BCUT2D eigenvalue weighted by Gasteiger charge is -2.25. The first-order valence-corrected chi connectivity index (χ1v) is 10.7. The molecule has 28 heavy (non-hydrogen) atoms. The zero-order valence-corrected chi connectivity index (χ0v) is 16.8. The van der Waals surface area contributed by atoms with Gasteiger partial charge >= 0.3 is 0 Å². The maximum Gasteiger partial charge on any atom is 0.240 e. The summed E-state index contributed by atoms with van der Waals surface area (Å²) < 4.78 is 27.3. The molecule has 0 spiro atoms. The Morgan fingerprint density at radius 3 is 2.64 bits per heavy atom. The number of nitrogens with zero attached hydrogens (tertiary/aromatic N) is 1. The molecule has 1 aliphatic carbocycles. The number of aryl methyl sites for hydroxylation is 1. The summed E-state index contributed by atoms with van der Waals surface area (Å²) >= 11 is 0. The van der Waals surface area contributed by atoms with Crippen LogP contribution in [0.2, 0.25) is 0 Å². The summed E-state index contributed by atoms with van der Waals surface area (Å²) in [6.07, 6.45) is 1.89. The number of sulfonamides is 1. The molecule has 1 amide bonds. The molecule has 0 bridgehead atoms.